The fourth-order valence-electron chi connectivity index (χ4n) is 3.11. The summed E-state index contributed by atoms with van der Waals surface area (Å²) < 4.78 is 16.9. The van der Waals surface area contributed by atoms with E-state index in [4.69, 9.17) is 14.2 Å². The average Bonchev–Trinajstić information content (AvgIpc) is 3.07. The quantitative estimate of drug-likeness (QED) is 0.488. The van der Waals surface area contributed by atoms with E-state index in [0.29, 0.717) is 19.9 Å². The molecule has 1 amide bonds. The van der Waals surface area contributed by atoms with Gasteiger partial charge in [-0.3, -0.25) is 14.5 Å². The molecular weight excluding hydrogens is 360 g/mol. The maximum absolute atomic E-state index is 13.0. The van der Waals surface area contributed by atoms with Gasteiger partial charge < -0.3 is 19.1 Å². The molecule has 0 spiro atoms. The zero-order valence-electron chi connectivity index (χ0n) is 18.2. The molecule has 1 saturated heterocycles. The van der Waals surface area contributed by atoms with Gasteiger partial charge in [0.1, 0.15) is 11.7 Å². The predicted molar refractivity (Wildman–Crippen MR) is 106 cm³/mol. The molecule has 0 aromatic carbocycles. The Morgan fingerprint density at radius 2 is 2.04 bits per heavy atom. The molecule has 0 saturated carbocycles. The first-order chi connectivity index (χ1) is 13.0. The summed E-state index contributed by atoms with van der Waals surface area (Å²) in [6.07, 6.45) is 3.94. The lowest BCUT2D eigenvalue weighted by Gasteiger charge is -2.35. The minimum absolute atomic E-state index is 0.0243. The van der Waals surface area contributed by atoms with Crippen molar-refractivity contribution in [2.24, 2.45) is 5.92 Å². The van der Waals surface area contributed by atoms with Crippen molar-refractivity contribution in [3.63, 3.8) is 0 Å². The topological polar surface area (TPSA) is 68.3 Å². The fraction of sp³-hybridized carbons (Fsp3) is 0.714. The van der Waals surface area contributed by atoms with E-state index in [1.54, 1.807) is 11.8 Å². The van der Waals surface area contributed by atoms with Crippen molar-refractivity contribution in [3.8, 4) is 0 Å². The summed E-state index contributed by atoms with van der Waals surface area (Å²) in [6.45, 7) is 10.5. The number of nitrogens with zero attached hydrogens (tertiary/aromatic N) is 2. The molecule has 1 heterocycles. The normalized spacial score (nSPS) is 22.8. The number of hydrogen-bond acceptors (Lipinski definition) is 6. The third-order valence-corrected chi connectivity index (χ3v) is 4.65. The number of amides is 1. The van der Waals surface area contributed by atoms with Crippen molar-refractivity contribution in [2.45, 2.75) is 58.8 Å². The van der Waals surface area contributed by atoms with Crippen LogP contribution in [0.1, 0.15) is 41.0 Å². The molecule has 0 aromatic heterocycles. The highest BCUT2D eigenvalue weighted by Gasteiger charge is 2.40. The Balaban J connectivity index is 2.03. The summed E-state index contributed by atoms with van der Waals surface area (Å²) in [5.41, 5.74) is 1.38. The molecule has 1 aliphatic heterocycles. The van der Waals surface area contributed by atoms with Crippen LogP contribution in [0, 0.1) is 5.92 Å². The zero-order chi connectivity index (χ0) is 21.1. The van der Waals surface area contributed by atoms with Crippen LogP contribution in [0.2, 0.25) is 0 Å². The number of carbonyl (C=O) groups excluding carboxylic acids is 2. The summed E-state index contributed by atoms with van der Waals surface area (Å²) in [4.78, 5) is 29.1. The van der Waals surface area contributed by atoms with E-state index >= 15 is 0 Å². The molecule has 7 heteroatoms. The Morgan fingerprint density at radius 1 is 1.36 bits per heavy atom. The third kappa shape index (κ3) is 5.90. The summed E-state index contributed by atoms with van der Waals surface area (Å²) >= 11 is 0. The Kier molecular flexibility index (Phi) is 7.42. The van der Waals surface area contributed by atoms with Gasteiger partial charge in [0.25, 0.3) is 5.91 Å². The molecular formula is C21H34N2O5. The smallest absolute Gasteiger partial charge is 0.312 e. The first-order valence-corrected chi connectivity index (χ1v) is 9.82. The van der Waals surface area contributed by atoms with Crippen LogP contribution >= 0.6 is 0 Å². The molecule has 158 valence electrons. The van der Waals surface area contributed by atoms with Gasteiger partial charge in [0.05, 0.1) is 25.4 Å². The summed E-state index contributed by atoms with van der Waals surface area (Å²) in [6, 6.07) is 0. The average molecular weight is 395 g/mol. The maximum Gasteiger partial charge on any atom is 0.312 e. The lowest BCUT2D eigenvalue weighted by molar-refractivity contribution is -0.174. The van der Waals surface area contributed by atoms with Crippen molar-refractivity contribution < 1.29 is 23.8 Å². The Bertz CT molecular complexity index is 648. The second-order valence-electron chi connectivity index (χ2n) is 8.67. The van der Waals surface area contributed by atoms with Gasteiger partial charge in [0, 0.05) is 12.2 Å². The molecule has 1 fully saturated rings. The van der Waals surface area contributed by atoms with Crippen molar-refractivity contribution >= 4 is 11.9 Å². The predicted octanol–water partition coefficient (Wildman–Crippen LogP) is 2.33. The lowest BCUT2D eigenvalue weighted by Crippen LogP contribution is -2.51. The van der Waals surface area contributed by atoms with Gasteiger partial charge in [0.2, 0.25) is 0 Å². The highest BCUT2D eigenvalue weighted by atomic mass is 16.6. The number of carbonyl (C=O) groups is 2. The second kappa shape index (κ2) is 9.20. The molecule has 2 rings (SSSR count). The van der Waals surface area contributed by atoms with Gasteiger partial charge in [-0.25, -0.2) is 0 Å². The fourth-order valence-corrected chi connectivity index (χ4v) is 3.11. The van der Waals surface area contributed by atoms with Crippen LogP contribution in [0.3, 0.4) is 0 Å². The van der Waals surface area contributed by atoms with Crippen LogP contribution in [0.5, 0.6) is 0 Å². The van der Waals surface area contributed by atoms with E-state index in [1.165, 1.54) is 0 Å². The van der Waals surface area contributed by atoms with Crippen LogP contribution in [0.15, 0.2) is 23.4 Å². The van der Waals surface area contributed by atoms with Crippen LogP contribution < -0.4 is 0 Å². The van der Waals surface area contributed by atoms with E-state index in [1.807, 2.05) is 58.8 Å². The lowest BCUT2D eigenvalue weighted by atomic mass is 10.0. The van der Waals surface area contributed by atoms with Gasteiger partial charge in [-0.1, -0.05) is 6.08 Å². The Hall–Kier alpha value is -1.70. The molecule has 1 aliphatic carbocycles. The largest absolute Gasteiger partial charge is 0.460 e. The first kappa shape index (κ1) is 22.6. The number of hydrogen-bond donors (Lipinski definition) is 0. The first-order valence-electron chi connectivity index (χ1n) is 9.82. The van der Waals surface area contributed by atoms with Crippen LogP contribution in [-0.4, -0.2) is 73.5 Å². The SMILES string of the molecule is C[C@H](OCN(C)C)C1=CC(N2CCO[C@H]([C@@H](C)C(=O)OC(C)(C)C)C2=O)=CC1. The van der Waals surface area contributed by atoms with Crippen molar-refractivity contribution in [2.75, 3.05) is 34.0 Å². The molecule has 0 N–H and O–H groups in total. The number of rotatable bonds is 7. The molecule has 7 nitrogen and oxygen atoms in total. The van der Waals surface area contributed by atoms with E-state index < -0.39 is 23.6 Å². The molecule has 2 aliphatic rings. The molecule has 0 radical (unpaired) electrons. The summed E-state index contributed by atoms with van der Waals surface area (Å²) in [7, 11) is 3.91. The number of allylic oxidation sites excluding steroid dienone is 2. The van der Waals surface area contributed by atoms with Gasteiger partial charge >= 0.3 is 5.97 Å². The summed E-state index contributed by atoms with van der Waals surface area (Å²) in [5.74, 6) is -1.28. The van der Waals surface area contributed by atoms with E-state index in [0.717, 1.165) is 17.7 Å². The van der Waals surface area contributed by atoms with Gasteiger partial charge in [-0.15, -0.1) is 0 Å². The number of esters is 1. The minimum Gasteiger partial charge on any atom is -0.460 e. The molecule has 0 unspecified atom stereocenters. The highest BCUT2D eigenvalue weighted by molar-refractivity contribution is 5.89. The third-order valence-electron chi connectivity index (χ3n) is 4.65. The van der Waals surface area contributed by atoms with Gasteiger partial charge in [0.15, 0.2) is 0 Å². The van der Waals surface area contributed by atoms with E-state index in [9.17, 15) is 9.59 Å². The molecule has 28 heavy (non-hydrogen) atoms. The minimum atomic E-state index is -0.829. The van der Waals surface area contributed by atoms with Crippen LogP contribution in [0.4, 0.5) is 0 Å². The van der Waals surface area contributed by atoms with Crippen LogP contribution in [-0.2, 0) is 23.8 Å². The monoisotopic (exact) mass is 394 g/mol. The van der Waals surface area contributed by atoms with Crippen molar-refractivity contribution in [1.82, 2.24) is 9.80 Å². The van der Waals surface area contributed by atoms with E-state index in [2.05, 4.69) is 0 Å². The van der Waals surface area contributed by atoms with Gasteiger partial charge in [-0.2, -0.15) is 0 Å². The second-order valence-corrected chi connectivity index (χ2v) is 8.67. The summed E-state index contributed by atoms with van der Waals surface area (Å²) in [5, 5.41) is 0. The van der Waals surface area contributed by atoms with Gasteiger partial charge in [-0.05, 0) is 66.8 Å². The zero-order valence-corrected chi connectivity index (χ0v) is 18.2. The number of ether oxygens (including phenoxy) is 3. The molecule has 3 atom stereocenters. The molecule has 0 bridgehead atoms. The standard InChI is InChI=1S/C21H34N2O5/c1-14(20(25)28-21(3,4)5)18-19(24)23(10-11-26-18)17-9-8-16(12-17)15(2)27-13-22(6)7/h9,12,14-15,18H,8,10-11,13H2,1-7H3/t14-,15+,18-/m1/s1. The van der Waals surface area contributed by atoms with E-state index in [-0.39, 0.29) is 12.0 Å². The number of morpholine rings is 1. The Morgan fingerprint density at radius 3 is 2.64 bits per heavy atom. The van der Waals surface area contributed by atoms with Crippen molar-refractivity contribution in [1.29, 1.82) is 0 Å². The van der Waals surface area contributed by atoms with Crippen molar-refractivity contribution in [3.05, 3.63) is 23.4 Å². The maximum atomic E-state index is 13.0. The Labute approximate surface area is 168 Å². The van der Waals surface area contributed by atoms with Crippen LogP contribution in [0.25, 0.3) is 0 Å². The highest BCUT2D eigenvalue weighted by Crippen LogP contribution is 2.28. The molecule has 0 aromatic rings.